The van der Waals surface area contributed by atoms with E-state index in [4.69, 9.17) is 23.2 Å². The molecule has 11 nitrogen and oxygen atoms in total. The first-order valence-corrected chi connectivity index (χ1v) is 9.57. The molecule has 0 amide bonds. The van der Waals surface area contributed by atoms with E-state index in [9.17, 15) is 14.9 Å². The number of nitrogens with zero attached hydrogens (tertiary/aromatic N) is 6. The lowest BCUT2D eigenvalue weighted by atomic mass is 9.92. The zero-order chi connectivity index (χ0) is 21.7. The van der Waals surface area contributed by atoms with Crippen molar-refractivity contribution in [2.24, 2.45) is 0 Å². The van der Waals surface area contributed by atoms with Crippen LogP contribution in [-0.4, -0.2) is 35.3 Å². The summed E-state index contributed by atoms with van der Waals surface area (Å²) in [6.07, 6.45) is 0. The molecule has 3 heterocycles. The van der Waals surface area contributed by atoms with Gasteiger partial charge in [-0.05, 0) is 34.2 Å². The lowest BCUT2D eigenvalue weighted by Crippen LogP contribution is -2.29. The van der Waals surface area contributed by atoms with Crippen molar-refractivity contribution in [3.05, 3.63) is 84.1 Å². The van der Waals surface area contributed by atoms with Crippen LogP contribution in [0.1, 0.15) is 17.2 Å². The quantitative estimate of drug-likeness (QED) is 0.310. The zero-order valence-electron chi connectivity index (χ0n) is 15.3. The van der Waals surface area contributed by atoms with Crippen molar-refractivity contribution in [3.8, 4) is 11.3 Å². The molecule has 31 heavy (non-hydrogen) atoms. The lowest BCUT2D eigenvalue weighted by Gasteiger charge is -2.27. The number of halogens is 2. The molecule has 2 N–H and O–H groups in total. The van der Waals surface area contributed by atoms with Crippen LogP contribution >= 0.6 is 23.2 Å². The van der Waals surface area contributed by atoms with Crippen molar-refractivity contribution < 1.29 is 4.92 Å². The fourth-order valence-electron chi connectivity index (χ4n) is 3.54. The SMILES string of the molecule is O=c1[nH]nc(-c2ccc(Cl)cc2Cl)c2c1Nc1nnnn1[C@H]2c1cccc([N+](=O)[O-])c1. The van der Waals surface area contributed by atoms with E-state index in [-0.39, 0.29) is 17.3 Å². The number of rotatable bonds is 3. The molecule has 1 aliphatic heterocycles. The molecule has 0 saturated carbocycles. The Kier molecular flexibility index (Phi) is 4.41. The van der Waals surface area contributed by atoms with Gasteiger partial charge in [0.05, 0.1) is 9.95 Å². The minimum absolute atomic E-state index is 0.115. The van der Waals surface area contributed by atoms with E-state index in [0.717, 1.165) is 0 Å². The molecule has 0 saturated heterocycles. The van der Waals surface area contributed by atoms with Crippen molar-refractivity contribution >= 4 is 40.5 Å². The molecule has 0 radical (unpaired) electrons. The molecule has 4 aromatic rings. The van der Waals surface area contributed by atoms with Crippen molar-refractivity contribution in [2.75, 3.05) is 5.32 Å². The lowest BCUT2D eigenvalue weighted by molar-refractivity contribution is -0.384. The molecule has 5 rings (SSSR count). The third-order valence-electron chi connectivity index (χ3n) is 4.85. The Bertz CT molecular complexity index is 1420. The number of benzene rings is 2. The maximum absolute atomic E-state index is 12.6. The summed E-state index contributed by atoms with van der Waals surface area (Å²) in [7, 11) is 0. The highest BCUT2D eigenvalue weighted by Gasteiger charge is 2.35. The van der Waals surface area contributed by atoms with Crippen LogP contribution < -0.4 is 10.9 Å². The number of non-ortho nitro benzene ring substituents is 1. The largest absolute Gasteiger partial charge is 0.318 e. The summed E-state index contributed by atoms with van der Waals surface area (Å²) >= 11 is 12.4. The van der Waals surface area contributed by atoms with Crippen molar-refractivity contribution in [2.45, 2.75) is 6.04 Å². The number of aromatic amines is 1. The third-order valence-corrected chi connectivity index (χ3v) is 5.40. The molecule has 0 unspecified atom stereocenters. The molecule has 2 aromatic heterocycles. The van der Waals surface area contributed by atoms with Crippen LogP contribution in [-0.2, 0) is 0 Å². The van der Waals surface area contributed by atoms with E-state index >= 15 is 0 Å². The Balaban J connectivity index is 1.83. The molecule has 0 spiro atoms. The number of anilines is 2. The highest BCUT2D eigenvalue weighted by Crippen LogP contribution is 2.43. The van der Waals surface area contributed by atoms with E-state index in [2.05, 4.69) is 31.0 Å². The number of aromatic nitrogens is 6. The molecule has 0 bridgehead atoms. The number of H-pyrrole nitrogens is 1. The minimum Gasteiger partial charge on any atom is -0.318 e. The molecular formula is C18H10Cl2N8O3. The van der Waals surface area contributed by atoms with E-state index in [1.165, 1.54) is 16.8 Å². The third kappa shape index (κ3) is 3.10. The van der Waals surface area contributed by atoms with Gasteiger partial charge in [-0.15, -0.1) is 0 Å². The molecule has 1 aliphatic rings. The van der Waals surface area contributed by atoms with Crippen LogP contribution in [0, 0.1) is 10.1 Å². The van der Waals surface area contributed by atoms with Crippen molar-refractivity contribution in [1.82, 2.24) is 30.4 Å². The molecule has 154 valence electrons. The van der Waals surface area contributed by atoms with Crippen molar-refractivity contribution in [3.63, 3.8) is 0 Å². The van der Waals surface area contributed by atoms with Crippen molar-refractivity contribution in [1.29, 1.82) is 0 Å². The minimum atomic E-state index is -0.780. The van der Waals surface area contributed by atoms with Crippen LogP contribution in [0.4, 0.5) is 17.3 Å². The summed E-state index contributed by atoms with van der Waals surface area (Å²) in [5, 5.41) is 33.3. The number of hydrogen-bond acceptors (Lipinski definition) is 8. The average Bonchev–Trinajstić information content (AvgIpc) is 3.22. The smallest absolute Gasteiger partial charge is 0.288 e. The van der Waals surface area contributed by atoms with Crippen LogP contribution in [0.3, 0.4) is 0 Å². The molecule has 13 heteroatoms. The predicted molar refractivity (Wildman–Crippen MR) is 112 cm³/mol. The topological polar surface area (TPSA) is 145 Å². The first-order valence-electron chi connectivity index (χ1n) is 8.81. The van der Waals surface area contributed by atoms with E-state index in [1.54, 1.807) is 30.3 Å². The van der Waals surface area contributed by atoms with Gasteiger partial charge in [-0.1, -0.05) is 40.4 Å². The summed E-state index contributed by atoms with van der Waals surface area (Å²) in [5.74, 6) is 0.203. The van der Waals surface area contributed by atoms with Gasteiger partial charge in [0.1, 0.15) is 17.4 Å². The molecule has 0 aliphatic carbocycles. The summed E-state index contributed by atoms with van der Waals surface area (Å²) in [6, 6.07) is 10.1. The van der Waals surface area contributed by atoms with Crippen LogP contribution in [0.5, 0.6) is 0 Å². The van der Waals surface area contributed by atoms with Gasteiger partial charge in [0, 0.05) is 28.3 Å². The Morgan fingerprint density at radius 1 is 1.16 bits per heavy atom. The Morgan fingerprint density at radius 3 is 2.77 bits per heavy atom. The van der Waals surface area contributed by atoms with Crippen LogP contribution in [0.25, 0.3) is 11.3 Å². The second kappa shape index (κ2) is 7.15. The normalized spacial score (nSPS) is 14.5. The number of fused-ring (bicyclic) bond motifs is 2. The molecule has 2 aromatic carbocycles. The number of hydrogen-bond donors (Lipinski definition) is 2. The first-order chi connectivity index (χ1) is 14.9. The van der Waals surface area contributed by atoms with E-state index < -0.39 is 16.5 Å². The predicted octanol–water partition coefficient (Wildman–Crippen LogP) is 3.33. The average molecular weight is 457 g/mol. The van der Waals surface area contributed by atoms with Gasteiger partial charge in [-0.3, -0.25) is 14.9 Å². The highest BCUT2D eigenvalue weighted by molar-refractivity contribution is 6.36. The summed E-state index contributed by atoms with van der Waals surface area (Å²) in [6.45, 7) is 0. The summed E-state index contributed by atoms with van der Waals surface area (Å²) in [5.41, 5.74) is 1.30. The number of nitro groups is 1. The Labute approximate surface area is 182 Å². The Hall–Kier alpha value is -3.83. The van der Waals surface area contributed by atoms with Gasteiger partial charge in [-0.25, -0.2) is 5.10 Å². The number of nitro benzene ring substituents is 1. The van der Waals surface area contributed by atoms with Gasteiger partial charge in [0.25, 0.3) is 11.2 Å². The van der Waals surface area contributed by atoms with Gasteiger partial charge >= 0.3 is 0 Å². The summed E-state index contributed by atoms with van der Waals surface area (Å²) in [4.78, 5) is 23.5. The Morgan fingerprint density at radius 2 is 2.00 bits per heavy atom. The first kappa shape index (κ1) is 19.2. The van der Waals surface area contributed by atoms with Gasteiger partial charge < -0.3 is 5.32 Å². The molecular weight excluding hydrogens is 447 g/mol. The fraction of sp³-hybridized carbons (Fsp3) is 0.0556. The monoisotopic (exact) mass is 456 g/mol. The van der Waals surface area contributed by atoms with E-state index in [1.807, 2.05) is 0 Å². The zero-order valence-corrected chi connectivity index (χ0v) is 16.8. The second-order valence-corrected chi connectivity index (χ2v) is 7.48. The maximum Gasteiger partial charge on any atom is 0.288 e. The van der Waals surface area contributed by atoms with Gasteiger partial charge in [0.2, 0.25) is 5.95 Å². The maximum atomic E-state index is 12.6. The molecule has 1 atom stereocenters. The van der Waals surface area contributed by atoms with Gasteiger partial charge in [-0.2, -0.15) is 9.78 Å². The van der Waals surface area contributed by atoms with Crippen LogP contribution in [0.15, 0.2) is 47.3 Å². The summed E-state index contributed by atoms with van der Waals surface area (Å²) < 4.78 is 1.43. The van der Waals surface area contributed by atoms with Crippen LogP contribution in [0.2, 0.25) is 10.0 Å². The van der Waals surface area contributed by atoms with E-state index in [0.29, 0.717) is 32.4 Å². The standard InChI is InChI=1S/C18H10Cl2N8O3/c19-9-4-5-11(12(20)7-9)14-13-15(17(29)23-22-14)21-18-24-25-26-27(18)16(13)8-2-1-3-10(6-8)28(30)31/h1-7,16H,(H,23,29)(H,21,24,26)/t16-/m0/s1. The highest BCUT2D eigenvalue weighted by atomic mass is 35.5. The fourth-order valence-corrected chi connectivity index (χ4v) is 4.04. The van der Waals surface area contributed by atoms with Gasteiger partial charge in [0.15, 0.2) is 0 Å². The molecule has 0 fully saturated rings. The number of tetrazole rings is 1. The second-order valence-electron chi connectivity index (χ2n) is 6.64. The number of nitrogens with one attached hydrogen (secondary N) is 2.